The summed E-state index contributed by atoms with van der Waals surface area (Å²) in [6.07, 6.45) is 0. The fourth-order valence-corrected chi connectivity index (χ4v) is 3.02. The summed E-state index contributed by atoms with van der Waals surface area (Å²) < 4.78 is 3.60. The number of imidazole rings is 1. The summed E-state index contributed by atoms with van der Waals surface area (Å²) in [5.41, 5.74) is 4.84. The lowest BCUT2D eigenvalue weighted by molar-refractivity contribution is -0.449. The van der Waals surface area contributed by atoms with Gasteiger partial charge >= 0.3 is 0 Å². The molecule has 0 atom stereocenters. The van der Waals surface area contributed by atoms with Gasteiger partial charge in [0.15, 0.2) is 16.6 Å². The maximum atomic E-state index is 3.43. The van der Waals surface area contributed by atoms with Crippen molar-refractivity contribution in [2.75, 3.05) is 0 Å². The second-order valence-electron chi connectivity index (χ2n) is 3.87. The number of hydrogen-bond acceptors (Lipinski definition) is 1. The van der Waals surface area contributed by atoms with Gasteiger partial charge < -0.3 is 0 Å². The van der Waals surface area contributed by atoms with Crippen LogP contribution in [0.2, 0.25) is 0 Å². The molecule has 0 saturated carbocycles. The number of rotatable bonds is 0. The first kappa shape index (κ1) is 11.2. The van der Waals surface area contributed by atoms with Gasteiger partial charge in [0, 0.05) is 6.07 Å². The van der Waals surface area contributed by atoms with Crippen LogP contribution in [0, 0.1) is 0 Å². The summed E-state index contributed by atoms with van der Waals surface area (Å²) in [7, 11) is 0. The van der Waals surface area contributed by atoms with Crippen LogP contribution in [0.1, 0.15) is 13.8 Å². The monoisotopic (exact) mass is 255 g/mol. The smallest absolute Gasteiger partial charge is 0.237 e. The predicted octanol–water partition coefficient (Wildman–Crippen LogP) is 4.15. The molecule has 1 N–H and O–H groups in total. The first-order valence-corrected chi connectivity index (χ1v) is 7.10. The molecule has 4 aromatic rings. The average Bonchev–Trinajstić information content (AvgIpc) is 3.03. The first-order chi connectivity index (χ1) is 8.93. The third kappa shape index (κ3) is 1.51. The van der Waals surface area contributed by atoms with Crippen molar-refractivity contribution in [1.29, 1.82) is 0 Å². The van der Waals surface area contributed by atoms with Crippen LogP contribution in [0.5, 0.6) is 0 Å². The Morgan fingerprint density at radius 1 is 0.944 bits per heavy atom. The number of thiophene rings is 1. The van der Waals surface area contributed by atoms with Gasteiger partial charge in [-0.1, -0.05) is 26.0 Å². The summed E-state index contributed by atoms with van der Waals surface area (Å²) >= 11 is 1.78. The Morgan fingerprint density at radius 3 is 2.67 bits per heavy atom. The van der Waals surface area contributed by atoms with E-state index in [4.69, 9.17) is 0 Å². The molecular formula is C15H15N2S+. The molecule has 3 heteroatoms. The van der Waals surface area contributed by atoms with Gasteiger partial charge in [0.2, 0.25) is 0 Å². The van der Waals surface area contributed by atoms with Crippen molar-refractivity contribution >= 4 is 38.2 Å². The van der Waals surface area contributed by atoms with Gasteiger partial charge in [0.05, 0.1) is 4.70 Å². The van der Waals surface area contributed by atoms with Crippen molar-refractivity contribution in [3.05, 3.63) is 47.8 Å². The molecule has 90 valence electrons. The van der Waals surface area contributed by atoms with Crippen molar-refractivity contribution in [3.63, 3.8) is 0 Å². The SMILES string of the molecule is CC.c1ccc2c(c1)[nH]c1ccc3sccc3[n+]12. The third-order valence-corrected chi connectivity index (χ3v) is 3.83. The Bertz CT molecular complexity index is 811. The minimum Gasteiger partial charge on any atom is -0.237 e. The van der Waals surface area contributed by atoms with E-state index in [9.17, 15) is 0 Å². The van der Waals surface area contributed by atoms with Crippen LogP contribution in [-0.2, 0) is 0 Å². The summed E-state index contributed by atoms with van der Waals surface area (Å²) in [6.45, 7) is 4.00. The highest BCUT2D eigenvalue weighted by atomic mass is 32.1. The highest BCUT2D eigenvalue weighted by Crippen LogP contribution is 2.20. The van der Waals surface area contributed by atoms with Crippen molar-refractivity contribution < 1.29 is 4.40 Å². The van der Waals surface area contributed by atoms with E-state index in [0.29, 0.717) is 0 Å². The van der Waals surface area contributed by atoms with Crippen LogP contribution in [0.4, 0.5) is 0 Å². The average molecular weight is 255 g/mol. The molecule has 0 aliphatic heterocycles. The zero-order valence-corrected chi connectivity index (χ0v) is 11.3. The molecule has 0 aliphatic rings. The van der Waals surface area contributed by atoms with Crippen molar-refractivity contribution in [2.24, 2.45) is 0 Å². The minimum absolute atomic E-state index is 1.15. The molecule has 0 amide bonds. The number of pyridine rings is 1. The van der Waals surface area contributed by atoms with Gasteiger partial charge in [0.1, 0.15) is 0 Å². The summed E-state index contributed by atoms with van der Waals surface area (Å²) in [5.74, 6) is 0. The van der Waals surface area contributed by atoms with Gasteiger partial charge in [-0.15, -0.1) is 11.3 Å². The normalized spacial score (nSPS) is 10.8. The number of nitrogens with one attached hydrogen (secondary N) is 1. The van der Waals surface area contributed by atoms with Gasteiger partial charge in [-0.3, -0.25) is 0 Å². The molecule has 3 heterocycles. The number of nitrogens with zero attached hydrogens (tertiary/aromatic N) is 1. The highest BCUT2D eigenvalue weighted by Gasteiger charge is 2.14. The highest BCUT2D eigenvalue weighted by molar-refractivity contribution is 7.17. The molecule has 3 aromatic heterocycles. The van der Waals surface area contributed by atoms with Crippen molar-refractivity contribution in [2.45, 2.75) is 13.8 Å². The van der Waals surface area contributed by atoms with Gasteiger partial charge in [-0.2, -0.15) is 4.40 Å². The molecular weight excluding hydrogens is 240 g/mol. The molecule has 0 spiro atoms. The summed E-state index contributed by atoms with van der Waals surface area (Å²) in [6, 6.07) is 14.9. The van der Waals surface area contributed by atoms with E-state index in [0.717, 1.165) is 5.65 Å². The molecule has 2 nitrogen and oxygen atoms in total. The second kappa shape index (κ2) is 4.42. The van der Waals surface area contributed by atoms with E-state index in [1.165, 1.54) is 21.3 Å². The Hall–Kier alpha value is -1.87. The van der Waals surface area contributed by atoms with E-state index in [-0.39, 0.29) is 0 Å². The van der Waals surface area contributed by atoms with E-state index >= 15 is 0 Å². The topological polar surface area (TPSA) is 19.9 Å². The summed E-state index contributed by atoms with van der Waals surface area (Å²) in [5, 5.41) is 2.14. The van der Waals surface area contributed by atoms with Crippen LogP contribution < -0.4 is 4.40 Å². The largest absolute Gasteiger partial charge is 0.285 e. The third-order valence-electron chi connectivity index (χ3n) is 2.96. The Kier molecular flexibility index (Phi) is 2.76. The second-order valence-corrected chi connectivity index (χ2v) is 4.81. The number of para-hydroxylation sites is 2. The number of benzene rings is 1. The number of hydrogen-bond donors (Lipinski definition) is 1. The summed E-state index contributed by atoms with van der Waals surface area (Å²) in [4.78, 5) is 3.43. The van der Waals surface area contributed by atoms with Crippen molar-refractivity contribution in [1.82, 2.24) is 4.98 Å². The lowest BCUT2D eigenvalue weighted by Crippen LogP contribution is -2.19. The fraction of sp³-hybridized carbons (Fsp3) is 0.133. The van der Waals surface area contributed by atoms with Crippen LogP contribution in [0.3, 0.4) is 0 Å². The number of aromatic nitrogens is 2. The molecule has 0 radical (unpaired) electrons. The van der Waals surface area contributed by atoms with Gasteiger partial charge in [-0.05, 0) is 29.6 Å². The van der Waals surface area contributed by atoms with Crippen LogP contribution in [-0.4, -0.2) is 4.98 Å². The zero-order chi connectivity index (χ0) is 12.5. The Morgan fingerprint density at radius 2 is 1.78 bits per heavy atom. The van der Waals surface area contributed by atoms with Gasteiger partial charge in [-0.25, -0.2) is 4.98 Å². The molecule has 0 unspecified atom stereocenters. The van der Waals surface area contributed by atoms with E-state index in [2.05, 4.69) is 57.2 Å². The maximum Gasteiger partial charge on any atom is 0.285 e. The predicted molar refractivity (Wildman–Crippen MR) is 78.2 cm³/mol. The zero-order valence-electron chi connectivity index (χ0n) is 10.5. The van der Waals surface area contributed by atoms with Crippen LogP contribution >= 0.6 is 11.3 Å². The molecule has 1 aromatic carbocycles. The van der Waals surface area contributed by atoms with Gasteiger partial charge in [0.25, 0.3) is 5.65 Å². The van der Waals surface area contributed by atoms with E-state index < -0.39 is 0 Å². The lowest BCUT2D eigenvalue weighted by Gasteiger charge is -1.89. The molecule has 0 bridgehead atoms. The molecule has 4 rings (SSSR count). The fourth-order valence-electron chi connectivity index (χ4n) is 2.25. The minimum atomic E-state index is 1.15. The van der Waals surface area contributed by atoms with E-state index in [1.807, 2.05) is 13.8 Å². The Balaban J connectivity index is 0.000000478. The van der Waals surface area contributed by atoms with Crippen LogP contribution in [0.25, 0.3) is 26.9 Å². The maximum absolute atomic E-state index is 3.43. The quantitative estimate of drug-likeness (QED) is 0.456. The standard InChI is InChI=1S/C13H8N2S.C2H6/c1-2-4-10-9(3-1)14-13-6-5-12-11(15(10)13)7-8-16-12;1-2/h1-8H;1-2H3/p+1. The molecule has 0 aliphatic carbocycles. The first-order valence-electron chi connectivity index (χ1n) is 6.22. The molecule has 18 heavy (non-hydrogen) atoms. The van der Waals surface area contributed by atoms with E-state index in [1.54, 1.807) is 11.3 Å². The Labute approximate surface area is 110 Å². The number of H-pyrrole nitrogens is 1. The molecule has 0 fully saturated rings. The number of fused-ring (bicyclic) bond motifs is 5. The lowest BCUT2D eigenvalue weighted by atomic mass is 10.3. The van der Waals surface area contributed by atoms with Crippen molar-refractivity contribution in [3.8, 4) is 0 Å². The van der Waals surface area contributed by atoms with Crippen LogP contribution in [0.15, 0.2) is 47.8 Å². The molecule has 0 saturated heterocycles. The number of aromatic amines is 1.